The predicted octanol–water partition coefficient (Wildman–Crippen LogP) is 3.14. The van der Waals surface area contributed by atoms with Crippen LogP contribution < -0.4 is 0 Å². The van der Waals surface area contributed by atoms with Crippen molar-refractivity contribution >= 4 is 27.4 Å². The molecule has 3 aromatic heterocycles. The number of carbonyl (C=O) groups excluding carboxylic acids is 1. The molecule has 0 radical (unpaired) electrons. The first kappa shape index (κ1) is 20.9. The topological polar surface area (TPSA) is 100.0 Å². The van der Waals surface area contributed by atoms with Crippen molar-refractivity contribution in [2.75, 3.05) is 17.3 Å². The first-order chi connectivity index (χ1) is 14.2. The Morgan fingerprint density at radius 2 is 2.07 bits per heavy atom. The minimum Gasteiger partial charge on any atom is -0.469 e. The van der Waals surface area contributed by atoms with Crippen LogP contribution in [0, 0.1) is 20.8 Å². The molecule has 0 spiro atoms. The number of furan rings is 1. The van der Waals surface area contributed by atoms with E-state index >= 15 is 0 Å². The van der Waals surface area contributed by atoms with Crippen molar-refractivity contribution in [1.29, 1.82) is 0 Å². The summed E-state index contributed by atoms with van der Waals surface area (Å²) in [5, 5.41) is 9.09. The van der Waals surface area contributed by atoms with Gasteiger partial charge in [-0.05, 0) is 39.3 Å². The molecule has 0 saturated carbocycles. The van der Waals surface area contributed by atoms with Gasteiger partial charge in [0.05, 0.1) is 29.1 Å². The lowest BCUT2D eigenvalue weighted by molar-refractivity contribution is 0.102. The first-order valence-corrected chi connectivity index (χ1v) is 12.5. The van der Waals surface area contributed by atoms with E-state index in [2.05, 4.69) is 10.2 Å². The standard InChI is InChI=1S/C20H24N4O4S2/c1-12-9-17(13(2)24(12)15-6-8-30(26,27)11-15)18(25)10-29-20-22-21-19(23(20)4)16-5-7-28-14(16)3/h5,7,9,15H,6,8,10-11H2,1-4H3. The van der Waals surface area contributed by atoms with Crippen LogP contribution in [0.3, 0.4) is 0 Å². The minimum absolute atomic E-state index is 0.00996. The molecule has 1 aliphatic heterocycles. The van der Waals surface area contributed by atoms with Crippen LogP contribution in [0.4, 0.5) is 0 Å². The summed E-state index contributed by atoms with van der Waals surface area (Å²) in [6.45, 7) is 5.67. The zero-order chi connectivity index (χ0) is 21.6. The second-order valence-corrected chi connectivity index (χ2v) is 10.9. The zero-order valence-corrected chi connectivity index (χ0v) is 19.0. The molecule has 0 amide bonds. The molecule has 1 atom stereocenters. The highest BCUT2D eigenvalue weighted by Gasteiger charge is 2.31. The molecule has 0 aromatic carbocycles. The summed E-state index contributed by atoms with van der Waals surface area (Å²) in [6.07, 6.45) is 2.21. The summed E-state index contributed by atoms with van der Waals surface area (Å²) in [7, 11) is -1.13. The molecule has 1 unspecified atom stereocenters. The Morgan fingerprint density at radius 1 is 1.30 bits per heavy atom. The number of ketones is 1. The van der Waals surface area contributed by atoms with Crippen molar-refractivity contribution in [2.45, 2.75) is 38.4 Å². The van der Waals surface area contributed by atoms with Gasteiger partial charge in [0, 0.05) is 30.0 Å². The van der Waals surface area contributed by atoms with E-state index in [-0.39, 0.29) is 29.1 Å². The van der Waals surface area contributed by atoms with Gasteiger partial charge in [0.25, 0.3) is 0 Å². The summed E-state index contributed by atoms with van der Waals surface area (Å²) in [6, 6.07) is 3.61. The van der Waals surface area contributed by atoms with Gasteiger partial charge in [-0.1, -0.05) is 11.8 Å². The number of hydrogen-bond donors (Lipinski definition) is 0. The summed E-state index contributed by atoms with van der Waals surface area (Å²) in [4.78, 5) is 12.9. The average Bonchev–Trinajstić information content (AvgIpc) is 3.41. The third-order valence-electron chi connectivity index (χ3n) is 5.63. The van der Waals surface area contributed by atoms with Crippen molar-refractivity contribution < 1.29 is 17.6 Å². The van der Waals surface area contributed by atoms with Crippen LogP contribution in [0.2, 0.25) is 0 Å². The molecule has 30 heavy (non-hydrogen) atoms. The zero-order valence-electron chi connectivity index (χ0n) is 17.4. The van der Waals surface area contributed by atoms with E-state index < -0.39 is 9.84 Å². The lowest BCUT2D eigenvalue weighted by Crippen LogP contribution is -2.14. The van der Waals surface area contributed by atoms with Gasteiger partial charge in [0.1, 0.15) is 5.76 Å². The maximum Gasteiger partial charge on any atom is 0.191 e. The molecule has 0 aliphatic carbocycles. The fourth-order valence-corrected chi connectivity index (χ4v) is 6.59. The first-order valence-electron chi connectivity index (χ1n) is 9.66. The van der Waals surface area contributed by atoms with Crippen molar-refractivity contribution in [1.82, 2.24) is 19.3 Å². The van der Waals surface area contributed by atoms with Crippen molar-refractivity contribution in [3.8, 4) is 11.4 Å². The highest BCUT2D eigenvalue weighted by molar-refractivity contribution is 7.99. The monoisotopic (exact) mass is 448 g/mol. The van der Waals surface area contributed by atoms with E-state index in [1.54, 1.807) is 6.26 Å². The Morgan fingerprint density at radius 3 is 2.70 bits per heavy atom. The van der Waals surface area contributed by atoms with Gasteiger partial charge >= 0.3 is 0 Å². The number of aryl methyl sites for hydroxylation is 2. The number of thioether (sulfide) groups is 1. The van der Waals surface area contributed by atoms with Gasteiger partial charge in [-0.3, -0.25) is 4.79 Å². The molecule has 3 aromatic rings. The number of Topliss-reactive ketones (excluding diaryl/α,β-unsaturated/α-hetero) is 1. The molecule has 160 valence electrons. The van der Waals surface area contributed by atoms with E-state index in [4.69, 9.17) is 4.42 Å². The molecular formula is C20H24N4O4S2. The third kappa shape index (κ3) is 3.74. The second-order valence-electron chi connectivity index (χ2n) is 7.68. The molecule has 0 N–H and O–H groups in total. The van der Waals surface area contributed by atoms with Crippen molar-refractivity contribution in [3.05, 3.63) is 41.1 Å². The van der Waals surface area contributed by atoms with Crippen LogP contribution in [0.15, 0.2) is 28.0 Å². The van der Waals surface area contributed by atoms with Crippen molar-refractivity contribution in [3.63, 3.8) is 0 Å². The van der Waals surface area contributed by atoms with E-state index in [0.717, 1.165) is 22.7 Å². The quantitative estimate of drug-likeness (QED) is 0.422. The number of carbonyl (C=O) groups is 1. The van der Waals surface area contributed by atoms with Crippen LogP contribution in [0.25, 0.3) is 11.4 Å². The number of nitrogens with zero attached hydrogens (tertiary/aromatic N) is 4. The molecule has 0 bridgehead atoms. The minimum atomic E-state index is -2.99. The average molecular weight is 449 g/mol. The fraction of sp³-hybridized carbons (Fsp3) is 0.450. The van der Waals surface area contributed by atoms with Gasteiger partial charge in [0.15, 0.2) is 26.6 Å². The van der Waals surface area contributed by atoms with Crippen LogP contribution >= 0.6 is 11.8 Å². The Hall–Kier alpha value is -2.33. The lowest BCUT2D eigenvalue weighted by atomic mass is 10.2. The summed E-state index contributed by atoms with van der Waals surface area (Å²) < 4.78 is 32.9. The molecule has 1 fully saturated rings. The second kappa shape index (κ2) is 7.73. The molecule has 4 rings (SSSR count). The van der Waals surface area contributed by atoms with Gasteiger partial charge < -0.3 is 13.6 Å². The number of rotatable bonds is 6. The van der Waals surface area contributed by atoms with Crippen LogP contribution in [0.1, 0.15) is 40.0 Å². The van der Waals surface area contributed by atoms with Gasteiger partial charge in [0.2, 0.25) is 0 Å². The molecule has 10 heteroatoms. The maximum absolute atomic E-state index is 12.9. The van der Waals surface area contributed by atoms with Crippen molar-refractivity contribution in [2.24, 2.45) is 7.05 Å². The lowest BCUT2D eigenvalue weighted by Gasteiger charge is -2.16. The molecule has 1 aliphatic rings. The Kier molecular flexibility index (Phi) is 5.39. The van der Waals surface area contributed by atoms with E-state index in [0.29, 0.717) is 23.0 Å². The third-order valence-corrected chi connectivity index (χ3v) is 8.40. The summed E-state index contributed by atoms with van der Waals surface area (Å²) in [5.41, 5.74) is 3.25. The largest absolute Gasteiger partial charge is 0.469 e. The van der Waals surface area contributed by atoms with E-state index in [9.17, 15) is 13.2 Å². The fourth-order valence-electron chi connectivity index (χ4n) is 4.10. The summed E-state index contributed by atoms with van der Waals surface area (Å²) >= 11 is 1.33. The maximum atomic E-state index is 12.9. The number of hydrogen-bond acceptors (Lipinski definition) is 7. The smallest absolute Gasteiger partial charge is 0.191 e. The highest BCUT2D eigenvalue weighted by atomic mass is 32.2. The molecular weight excluding hydrogens is 424 g/mol. The molecule has 8 nitrogen and oxygen atoms in total. The number of aromatic nitrogens is 4. The van der Waals surface area contributed by atoms with Gasteiger partial charge in [-0.2, -0.15) is 0 Å². The van der Waals surface area contributed by atoms with E-state index in [1.807, 2.05) is 49.1 Å². The Labute approximate surface area is 179 Å². The van der Waals surface area contributed by atoms with Gasteiger partial charge in [-0.25, -0.2) is 8.42 Å². The summed E-state index contributed by atoms with van der Waals surface area (Å²) in [5.74, 6) is 2.02. The normalized spacial score (nSPS) is 18.2. The highest BCUT2D eigenvalue weighted by Crippen LogP contribution is 2.30. The van der Waals surface area contributed by atoms with Crippen LogP contribution in [-0.2, 0) is 16.9 Å². The molecule has 1 saturated heterocycles. The van der Waals surface area contributed by atoms with E-state index in [1.165, 1.54) is 11.8 Å². The SMILES string of the molecule is Cc1occc1-c1nnc(SCC(=O)c2cc(C)n(C3CCS(=O)(=O)C3)c2C)n1C. The predicted molar refractivity (Wildman–Crippen MR) is 115 cm³/mol. The molecule has 4 heterocycles. The van der Waals surface area contributed by atoms with Crippen LogP contribution in [-0.4, -0.2) is 50.8 Å². The number of sulfone groups is 1. The Bertz CT molecular complexity index is 1220. The van der Waals surface area contributed by atoms with Crippen LogP contribution in [0.5, 0.6) is 0 Å². The van der Waals surface area contributed by atoms with Gasteiger partial charge in [-0.15, -0.1) is 10.2 Å². The Balaban J connectivity index is 1.50.